The molecule has 90 valence electrons. The Morgan fingerprint density at radius 2 is 2.12 bits per heavy atom. The second kappa shape index (κ2) is 8.00. The Labute approximate surface area is 112 Å². The number of hydrogen-bond acceptors (Lipinski definition) is 4. The van der Waals surface area contributed by atoms with Crippen molar-refractivity contribution in [1.29, 1.82) is 0 Å². The molecule has 2 N–H and O–H groups in total. The van der Waals surface area contributed by atoms with E-state index in [1.165, 1.54) is 0 Å². The first-order valence-corrected chi connectivity index (χ1v) is 6.57. The summed E-state index contributed by atoms with van der Waals surface area (Å²) in [6, 6.07) is 1.97. The number of pyridine rings is 1. The normalized spacial score (nSPS) is 10.4. The molecule has 16 heavy (non-hydrogen) atoms. The van der Waals surface area contributed by atoms with E-state index in [1.54, 1.807) is 13.3 Å². The van der Waals surface area contributed by atoms with Crippen LogP contribution in [0.3, 0.4) is 0 Å². The van der Waals surface area contributed by atoms with E-state index >= 15 is 0 Å². The van der Waals surface area contributed by atoms with Gasteiger partial charge in [0.05, 0.1) is 11.1 Å². The first-order valence-electron chi connectivity index (χ1n) is 4.98. The van der Waals surface area contributed by atoms with E-state index < -0.39 is 0 Å². The molecule has 1 aromatic rings. The molecule has 1 heterocycles. The lowest BCUT2D eigenvalue weighted by molar-refractivity contribution is 0.200. The van der Waals surface area contributed by atoms with Crippen LogP contribution in [-0.4, -0.2) is 38.3 Å². The SMILES string of the molecule is COCCNCCNc1ncc(Br)cc1Br. The van der Waals surface area contributed by atoms with Crippen molar-refractivity contribution in [3.63, 3.8) is 0 Å². The van der Waals surface area contributed by atoms with Gasteiger partial charge in [0, 0.05) is 37.4 Å². The van der Waals surface area contributed by atoms with Crippen molar-refractivity contribution in [2.75, 3.05) is 38.7 Å². The van der Waals surface area contributed by atoms with Crippen molar-refractivity contribution in [1.82, 2.24) is 10.3 Å². The van der Waals surface area contributed by atoms with Gasteiger partial charge in [0.2, 0.25) is 0 Å². The third kappa shape index (κ3) is 5.25. The molecular weight excluding hydrogens is 338 g/mol. The van der Waals surface area contributed by atoms with Gasteiger partial charge in [-0.3, -0.25) is 0 Å². The second-order valence-corrected chi connectivity index (χ2v) is 4.92. The molecule has 0 aliphatic carbocycles. The van der Waals surface area contributed by atoms with Gasteiger partial charge < -0.3 is 15.4 Å². The van der Waals surface area contributed by atoms with E-state index in [0.29, 0.717) is 0 Å². The molecule has 4 nitrogen and oxygen atoms in total. The maximum Gasteiger partial charge on any atom is 0.140 e. The lowest BCUT2D eigenvalue weighted by Gasteiger charge is -2.08. The standard InChI is InChI=1S/C10H15Br2N3O/c1-16-5-4-13-2-3-14-10-9(12)6-8(11)7-15-10/h6-7,13H,2-5H2,1H3,(H,14,15). The fraction of sp³-hybridized carbons (Fsp3) is 0.500. The zero-order chi connectivity index (χ0) is 11.8. The summed E-state index contributed by atoms with van der Waals surface area (Å²) in [5.41, 5.74) is 0. The van der Waals surface area contributed by atoms with Gasteiger partial charge >= 0.3 is 0 Å². The maximum atomic E-state index is 4.93. The van der Waals surface area contributed by atoms with Crippen LogP contribution in [0, 0.1) is 0 Å². The largest absolute Gasteiger partial charge is 0.383 e. The highest BCUT2D eigenvalue weighted by Crippen LogP contribution is 2.22. The third-order valence-corrected chi connectivity index (χ3v) is 2.92. The molecule has 0 spiro atoms. The van der Waals surface area contributed by atoms with E-state index in [1.807, 2.05) is 6.07 Å². The zero-order valence-electron chi connectivity index (χ0n) is 9.09. The van der Waals surface area contributed by atoms with Crippen LogP contribution >= 0.6 is 31.9 Å². The average Bonchev–Trinajstić information content (AvgIpc) is 2.26. The summed E-state index contributed by atoms with van der Waals surface area (Å²) in [4.78, 5) is 4.25. The minimum absolute atomic E-state index is 0.736. The number of ether oxygens (including phenoxy) is 1. The van der Waals surface area contributed by atoms with Gasteiger partial charge in [0.1, 0.15) is 5.82 Å². The lowest BCUT2D eigenvalue weighted by atomic mass is 10.4. The molecule has 1 rings (SSSR count). The summed E-state index contributed by atoms with van der Waals surface area (Å²) in [7, 11) is 1.70. The molecule has 0 aliphatic rings. The highest BCUT2D eigenvalue weighted by Gasteiger charge is 2.00. The molecule has 0 aromatic carbocycles. The van der Waals surface area contributed by atoms with Gasteiger partial charge in [-0.15, -0.1) is 0 Å². The number of methoxy groups -OCH3 is 1. The van der Waals surface area contributed by atoms with Crippen molar-refractivity contribution in [3.05, 3.63) is 21.2 Å². The van der Waals surface area contributed by atoms with Crippen LogP contribution in [0.1, 0.15) is 0 Å². The van der Waals surface area contributed by atoms with Crippen molar-refractivity contribution >= 4 is 37.7 Å². The van der Waals surface area contributed by atoms with Crippen LogP contribution < -0.4 is 10.6 Å². The molecule has 0 saturated carbocycles. The second-order valence-electron chi connectivity index (χ2n) is 3.15. The van der Waals surface area contributed by atoms with Gasteiger partial charge in [-0.2, -0.15) is 0 Å². The van der Waals surface area contributed by atoms with Crippen LogP contribution in [0.25, 0.3) is 0 Å². The van der Waals surface area contributed by atoms with Crippen LogP contribution in [0.15, 0.2) is 21.2 Å². The third-order valence-electron chi connectivity index (χ3n) is 1.88. The first kappa shape index (κ1) is 13.9. The molecule has 0 bridgehead atoms. The molecular formula is C10H15Br2N3O. The zero-order valence-corrected chi connectivity index (χ0v) is 12.3. The lowest BCUT2D eigenvalue weighted by Crippen LogP contribution is -2.25. The molecule has 0 saturated heterocycles. The maximum absolute atomic E-state index is 4.93. The van der Waals surface area contributed by atoms with Gasteiger partial charge in [0.15, 0.2) is 0 Å². The monoisotopic (exact) mass is 351 g/mol. The quantitative estimate of drug-likeness (QED) is 0.739. The van der Waals surface area contributed by atoms with E-state index in [4.69, 9.17) is 4.74 Å². The number of rotatable bonds is 7. The van der Waals surface area contributed by atoms with E-state index in [0.717, 1.165) is 41.0 Å². The molecule has 0 fully saturated rings. The Balaban J connectivity index is 2.21. The van der Waals surface area contributed by atoms with Crippen molar-refractivity contribution in [2.45, 2.75) is 0 Å². The van der Waals surface area contributed by atoms with Crippen LogP contribution in [-0.2, 0) is 4.74 Å². The summed E-state index contributed by atoms with van der Waals surface area (Å²) in [6.45, 7) is 3.32. The van der Waals surface area contributed by atoms with Gasteiger partial charge in [-0.1, -0.05) is 0 Å². The van der Waals surface area contributed by atoms with Gasteiger partial charge in [-0.25, -0.2) is 4.98 Å². The Bertz CT molecular complexity index is 323. The topological polar surface area (TPSA) is 46.2 Å². The predicted octanol–water partition coefficient (Wildman–Crippen LogP) is 2.25. The number of hydrogen-bond donors (Lipinski definition) is 2. The molecule has 6 heteroatoms. The Hall–Kier alpha value is -0.170. The molecule has 0 aliphatic heterocycles. The first-order chi connectivity index (χ1) is 7.74. The summed E-state index contributed by atoms with van der Waals surface area (Å²) < 4.78 is 6.85. The number of halogens is 2. The smallest absolute Gasteiger partial charge is 0.140 e. The van der Waals surface area contributed by atoms with E-state index in [9.17, 15) is 0 Å². The van der Waals surface area contributed by atoms with Crippen LogP contribution in [0.4, 0.5) is 5.82 Å². The fourth-order valence-corrected chi connectivity index (χ4v) is 2.24. The van der Waals surface area contributed by atoms with Crippen molar-refractivity contribution < 1.29 is 4.74 Å². The van der Waals surface area contributed by atoms with Crippen molar-refractivity contribution in [2.24, 2.45) is 0 Å². The fourth-order valence-electron chi connectivity index (χ4n) is 1.11. The highest BCUT2D eigenvalue weighted by molar-refractivity contribution is 9.11. The van der Waals surface area contributed by atoms with Gasteiger partial charge in [0.25, 0.3) is 0 Å². The predicted molar refractivity (Wildman–Crippen MR) is 72.9 cm³/mol. The van der Waals surface area contributed by atoms with Crippen LogP contribution in [0.5, 0.6) is 0 Å². The minimum atomic E-state index is 0.736. The Morgan fingerprint density at radius 1 is 1.31 bits per heavy atom. The summed E-state index contributed by atoms with van der Waals surface area (Å²) in [5, 5.41) is 6.48. The summed E-state index contributed by atoms with van der Waals surface area (Å²) in [6.07, 6.45) is 1.77. The number of nitrogens with zero attached hydrogens (tertiary/aromatic N) is 1. The van der Waals surface area contributed by atoms with Crippen molar-refractivity contribution in [3.8, 4) is 0 Å². The molecule has 0 radical (unpaired) electrons. The minimum Gasteiger partial charge on any atom is -0.383 e. The Morgan fingerprint density at radius 3 is 2.81 bits per heavy atom. The Kier molecular flexibility index (Phi) is 6.95. The molecule has 0 atom stereocenters. The highest BCUT2D eigenvalue weighted by atomic mass is 79.9. The number of anilines is 1. The molecule has 1 aromatic heterocycles. The summed E-state index contributed by atoms with van der Waals surface area (Å²) in [5.74, 6) is 0.858. The molecule has 0 unspecified atom stereocenters. The van der Waals surface area contributed by atoms with Gasteiger partial charge in [-0.05, 0) is 37.9 Å². The number of aromatic nitrogens is 1. The number of nitrogens with one attached hydrogen (secondary N) is 2. The van der Waals surface area contributed by atoms with E-state index in [-0.39, 0.29) is 0 Å². The van der Waals surface area contributed by atoms with E-state index in [2.05, 4.69) is 47.5 Å². The molecule has 0 amide bonds. The average molecular weight is 353 g/mol. The summed E-state index contributed by atoms with van der Waals surface area (Å²) >= 11 is 6.81. The van der Waals surface area contributed by atoms with Crippen LogP contribution in [0.2, 0.25) is 0 Å².